The summed E-state index contributed by atoms with van der Waals surface area (Å²) in [6, 6.07) is 0. The van der Waals surface area contributed by atoms with Crippen molar-refractivity contribution in [3.63, 3.8) is 0 Å². The van der Waals surface area contributed by atoms with Crippen LogP contribution in [0.1, 0.15) is 38.5 Å². The molecule has 3 rings (SSSR count). The van der Waals surface area contributed by atoms with Gasteiger partial charge in [-0.3, -0.25) is 4.79 Å². The van der Waals surface area contributed by atoms with Gasteiger partial charge in [-0.15, -0.1) is 0 Å². The molecule has 2 nitrogen and oxygen atoms in total. The number of ether oxygens (including phenoxy) is 1. The Bertz CT molecular complexity index is 278. The van der Waals surface area contributed by atoms with Crippen molar-refractivity contribution in [3.8, 4) is 0 Å². The first-order valence-corrected chi connectivity index (χ1v) is 6.82. The number of hydrogen-bond acceptors (Lipinski definition) is 2. The van der Waals surface area contributed by atoms with Crippen LogP contribution in [0.3, 0.4) is 0 Å². The zero-order valence-corrected chi connectivity index (χ0v) is 10.3. The molecule has 78 valence electrons. The Morgan fingerprint density at radius 1 is 1.43 bits per heavy atom. The van der Waals surface area contributed by atoms with E-state index in [9.17, 15) is 4.79 Å². The second-order valence-corrected chi connectivity index (χ2v) is 6.42. The van der Waals surface area contributed by atoms with E-state index in [-0.39, 0.29) is 11.6 Å². The van der Waals surface area contributed by atoms with Crippen molar-refractivity contribution in [2.24, 2.45) is 11.8 Å². The minimum atomic E-state index is -0.0237. The standard InChI is InChI=1S/C11H15IO2/c12-10-7-3-4-8(10)11(6-7)5-1-2-9(13)14-11/h7-8,10H,1-6H2/t7-,8-,10?,11-/m1/s1. The van der Waals surface area contributed by atoms with Crippen LogP contribution >= 0.6 is 22.6 Å². The number of hydrogen-bond donors (Lipinski definition) is 0. The molecule has 4 atom stereocenters. The van der Waals surface area contributed by atoms with E-state index in [0.29, 0.717) is 12.3 Å². The number of alkyl halides is 1. The first-order chi connectivity index (χ1) is 6.71. The molecule has 1 unspecified atom stereocenters. The molecule has 1 saturated heterocycles. The lowest BCUT2D eigenvalue weighted by atomic mass is 9.79. The van der Waals surface area contributed by atoms with Crippen LogP contribution in [0.25, 0.3) is 0 Å². The molecule has 0 aromatic carbocycles. The highest BCUT2D eigenvalue weighted by atomic mass is 127. The van der Waals surface area contributed by atoms with Gasteiger partial charge in [0.1, 0.15) is 5.60 Å². The highest BCUT2D eigenvalue weighted by Crippen LogP contribution is 2.58. The van der Waals surface area contributed by atoms with Crippen LogP contribution in [0.15, 0.2) is 0 Å². The maximum absolute atomic E-state index is 11.4. The third-order valence-electron chi connectivity index (χ3n) is 4.26. The molecule has 1 aliphatic heterocycles. The highest BCUT2D eigenvalue weighted by Gasteiger charge is 2.59. The Morgan fingerprint density at radius 2 is 2.29 bits per heavy atom. The van der Waals surface area contributed by atoms with E-state index in [1.54, 1.807) is 0 Å². The second kappa shape index (κ2) is 3.09. The van der Waals surface area contributed by atoms with Crippen LogP contribution in [0.4, 0.5) is 0 Å². The van der Waals surface area contributed by atoms with Gasteiger partial charge >= 0.3 is 5.97 Å². The molecule has 3 fully saturated rings. The number of carbonyl (C=O) groups is 1. The van der Waals surface area contributed by atoms with Crippen molar-refractivity contribution in [2.45, 2.75) is 48.1 Å². The molecule has 2 aliphatic carbocycles. The molecule has 14 heavy (non-hydrogen) atoms. The summed E-state index contributed by atoms with van der Waals surface area (Å²) in [7, 11) is 0. The number of halogens is 1. The molecular formula is C11H15IO2. The molecule has 0 radical (unpaired) electrons. The van der Waals surface area contributed by atoms with Gasteiger partial charge in [0.15, 0.2) is 0 Å². The van der Waals surface area contributed by atoms with Crippen molar-refractivity contribution in [3.05, 3.63) is 0 Å². The topological polar surface area (TPSA) is 26.3 Å². The molecule has 1 heterocycles. The number of esters is 1. The Morgan fingerprint density at radius 3 is 2.86 bits per heavy atom. The fourth-order valence-corrected chi connectivity index (χ4v) is 5.30. The molecule has 0 aromatic rings. The summed E-state index contributed by atoms with van der Waals surface area (Å²) in [5.41, 5.74) is -0.0237. The van der Waals surface area contributed by atoms with E-state index in [2.05, 4.69) is 22.6 Å². The second-order valence-electron chi connectivity index (χ2n) is 4.98. The Hall–Kier alpha value is 0.200. The molecule has 2 bridgehead atoms. The summed E-state index contributed by atoms with van der Waals surface area (Å²) in [6.45, 7) is 0. The van der Waals surface area contributed by atoms with Crippen molar-refractivity contribution < 1.29 is 9.53 Å². The average molecular weight is 306 g/mol. The minimum absolute atomic E-state index is 0.0237. The summed E-state index contributed by atoms with van der Waals surface area (Å²) in [5, 5.41) is 0. The Kier molecular flexibility index (Phi) is 2.08. The first kappa shape index (κ1) is 9.43. The number of carbonyl (C=O) groups excluding carboxylic acids is 1. The molecule has 0 aromatic heterocycles. The van der Waals surface area contributed by atoms with Crippen molar-refractivity contribution in [2.75, 3.05) is 0 Å². The lowest BCUT2D eigenvalue weighted by Gasteiger charge is -2.40. The summed E-state index contributed by atoms with van der Waals surface area (Å²) in [6.07, 6.45) is 6.61. The fraction of sp³-hybridized carbons (Fsp3) is 0.909. The normalized spacial score (nSPS) is 51.2. The smallest absolute Gasteiger partial charge is 0.306 e. The van der Waals surface area contributed by atoms with Crippen molar-refractivity contribution >= 4 is 28.6 Å². The molecular weight excluding hydrogens is 291 g/mol. The predicted molar refractivity (Wildman–Crippen MR) is 61.3 cm³/mol. The van der Waals surface area contributed by atoms with Gasteiger partial charge in [0.25, 0.3) is 0 Å². The SMILES string of the molecule is O=C1CCC[C@]2(C[C@H]3CC[C@@H]2C3I)O1. The van der Waals surface area contributed by atoms with Gasteiger partial charge in [-0.25, -0.2) is 0 Å². The predicted octanol–water partition coefficient (Wildman–Crippen LogP) is 2.69. The van der Waals surface area contributed by atoms with Gasteiger partial charge in [-0.1, -0.05) is 22.6 Å². The maximum atomic E-state index is 11.4. The van der Waals surface area contributed by atoms with Crippen LogP contribution < -0.4 is 0 Å². The largest absolute Gasteiger partial charge is 0.459 e. The first-order valence-electron chi connectivity index (χ1n) is 5.57. The summed E-state index contributed by atoms with van der Waals surface area (Å²) in [4.78, 5) is 11.4. The molecule has 0 amide bonds. The molecule has 1 spiro atoms. The van der Waals surface area contributed by atoms with Gasteiger partial charge in [0.05, 0.1) is 0 Å². The average Bonchev–Trinajstić information content (AvgIpc) is 2.59. The fourth-order valence-electron chi connectivity index (χ4n) is 3.67. The third kappa shape index (κ3) is 1.17. The molecule has 3 aliphatic rings. The van der Waals surface area contributed by atoms with E-state index in [1.807, 2.05) is 0 Å². The molecule has 2 saturated carbocycles. The Balaban J connectivity index is 1.87. The lowest BCUT2D eigenvalue weighted by molar-refractivity contribution is -0.174. The van der Waals surface area contributed by atoms with Gasteiger partial charge in [0.2, 0.25) is 0 Å². The lowest BCUT2D eigenvalue weighted by Crippen LogP contribution is -2.44. The van der Waals surface area contributed by atoms with Crippen LogP contribution in [-0.4, -0.2) is 15.5 Å². The zero-order chi connectivity index (χ0) is 9.76. The van der Waals surface area contributed by atoms with E-state index in [4.69, 9.17) is 4.74 Å². The quantitative estimate of drug-likeness (QED) is 0.391. The summed E-state index contributed by atoms with van der Waals surface area (Å²) in [5.74, 6) is 1.54. The summed E-state index contributed by atoms with van der Waals surface area (Å²) < 4.78 is 6.46. The van der Waals surface area contributed by atoms with Crippen molar-refractivity contribution in [1.82, 2.24) is 0 Å². The Labute approximate surface area is 97.9 Å². The zero-order valence-electron chi connectivity index (χ0n) is 8.17. The third-order valence-corrected chi connectivity index (χ3v) is 6.15. The van der Waals surface area contributed by atoms with Crippen LogP contribution in [0, 0.1) is 11.8 Å². The van der Waals surface area contributed by atoms with Gasteiger partial charge in [0, 0.05) is 16.3 Å². The maximum Gasteiger partial charge on any atom is 0.306 e. The number of rotatable bonds is 0. The molecule has 0 N–H and O–H groups in total. The van der Waals surface area contributed by atoms with Crippen molar-refractivity contribution in [1.29, 1.82) is 0 Å². The summed E-state index contributed by atoms with van der Waals surface area (Å²) >= 11 is 2.57. The monoisotopic (exact) mass is 306 g/mol. The van der Waals surface area contributed by atoms with Crippen LogP contribution in [-0.2, 0) is 9.53 Å². The number of fused-ring (bicyclic) bond motifs is 3. The highest BCUT2D eigenvalue weighted by molar-refractivity contribution is 14.1. The van der Waals surface area contributed by atoms with E-state index in [1.165, 1.54) is 12.8 Å². The molecule has 3 heteroatoms. The van der Waals surface area contributed by atoms with Crippen LogP contribution in [0.5, 0.6) is 0 Å². The minimum Gasteiger partial charge on any atom is -0.459 e. The van der Waals surface area contributed by atoms with Gasteiger partial charge in [-0.05, 0) is 38.0 Å². The van der Waals surface area contributed by atoms with E-state index < -0.39 is 0 Å². The van der Waals surface area contributed by atoms with E-state index in [0.717, 1.165) is 29.1 Å². The van der Waals surface area contributed by atoms with Gasteiger partial charge < -0.3 is 4.74 Å². The van der Waals surface area contributed by atoms with E-state index >= 15 is 0 Å². The van der Waals surface area contributed by atoms with Gasteiger partial charge in [-0.2, -0.15) is 0 Å². The van der Waals surface area contributed by atoms with Crippen LogP contribution in [0.2, 0.25) is 0 Å².